The molecule has 104 valence electrons. The average Bonchev–Trinajstić information content (AvgIpc) is 2.81. The van der Waals surface area contributed by atoms with Crippen molar-refractivity contribution < 1.29 is 14.2 Å². The molecule has 0 saturated carbocycles. The molecule has 3 rings (SSSR count). The molecule has 0 aromatic heterocycles. The normalized spacial score (nSPS) is 30.7. The van der Waals surface area contributed by atoms with Crippen molar-refractivity contribution in [3.8, 4) is 5.75 Å². The fourth-order valence-electron chi connectivity index (χ4n) is 3.06. The van der Waals surface area contributed by atoms with E-state index < -0.39 is 0 Å². The zero-order valence-electron chi connectivity index (χ0n) is 11.8. The summed E-state index contributed by atoms with van der Waals surface area (Å²) < 4.78 is 17.6. The molecule has 2 aliphatic rings. The van der Waals surface area contributed by atoms with E-state index in [1.54, 1.807) is 0 Å². The third kappa shape index (κ3) is 2.77. The van der Waals surface area contributed by atoms with Crippen molar-refractivity contribution in [3.05, 3.63) is 29.3 Å². The molecule has 2 saturated heterocycles. The molecule has 0 radical (unpaired) electrons. The van der Waals surface area contributed by atoms with Crippen LogP contribution in [-0.4, -0.2) is 31.5 Å². The van der Waals surface area contributed by atoms with Gasteiger partial charge in [-0.05, 0) is 25.5 Å². The van der Waals surface area contributed by atoms with Crippen LogP contribution in [0.2, 0.25) is 0 Å². The van der Waals surface area contributed by atoms with Gasteiger partial charge in [0.25, 0.3) is 0 Å². The molecule has 2 aliphatic heterocycles. The Morgan fingerprint density at radius 3 is 2.89 bits per heavy atom. The Hall–Kier alpha value is -1.06. The Balaban J connectivity index is 1.69. The Labute approximate surface area is 114 Å². The van der Waals surface area contributed by atoms with Gasteiger partial charge in [-0.1, -0.05) is 17.7 Å². The van der Waals surface area contributed by atoms with Crippen LogP contribution in [0.3, 0.4) is 0 Å². The Bertz CT molecular complexity index is 449. The summed E-state index contributed by atoms with van der Waals surface area (Å²) in [5.41, 5.74) is 2.40. The van der Waals surface area contributed by atoms with Gasteiger partial charge in [0.2, 0.25) is 0 Å². The van der Waals surface area contributed by atoms with E-state index in [1.165, 1.54) is 11.1 Å². The van der Waals surface area contributed by atoms with Crippen molar-refractivity contribution in [2.75, 3.05) is 19.8 Å². The monoisotopic (exact) mass is 262 g/mol. The number of hydrogen-bond acceptors (Lipinski definition) is 3. The first-order valence-electron chi connectivity index (χ1n) is 7.13. The fourth-order valence-corrected chi connectivity index (χ4v) is 3.06. The molecule has 1 aromatic rings. The van der Waals surface area contributed by atoms with Crippen molar-refractivity contribution in [2.24, 2.45) is 0 Å². The van der Waals surface area contributed by atoms with E-state index in [4.69, 9.17) is 14.2 Å². The van der Waals surface area contributed by atoms with Gasteiger partial charge in [-0.2, -0.15) is 0 Å². The highest BCUT2D eigenvalue weighted by atomic mass is 16.6. The molecule has 0 bridgehead atoms. The first kappa shape index (κ1) is 12.9. The summed E-state index contributed by atoms with van der Waals surface area (Å²) in [5, 5.41) is 0. The van der Waals surface area contributed by atoms with Gasteiger partial charge in [-0.25, -0.2) is 0 Å². The zero-order chi connectivity index (χ0) is 13.3. The lowest BCUT2D eigenvalue weighted by molar-refractivity contribution is -0.112. The maximum Gasteiger partial charge on any atom is 0.122 e. The van der Waals surface area contributed by atoms with E-state index >= 15 is 0 Å². The molecule has 0 N–H and O–H groups in total. The molecule has 0 amide bonds. The first-order valence-corrected chi connectivity index (χ1v) is 7.13. The maximum absolute atomic E-state index is 6.19. The first-order chi connectivity index (χ1) is 9.17. The van der Waals surface area contributed by atoms with Gasteiger partial charge >= 0.3 is 0 Å². The van der Waals surface area contributed by atoms with Crippen LogP contribution in [0.4, 0.5) is 0 Å². The molecule has 1 spiro atoms. The standard InChI is InChI=1S/C16H22O3/c1-12-3-4-15(13(2)9-12)19-14-5-7-18-16(10-14)6-8-17-11-16/h3-4,9,14H,5-8,10-11H2,1-2H3. The topological polar surface area (TPSA) is 27.7 Å². The summed E-state index contributed by atoms with van der Waals surface area (Å²) in [5.74, 6) is 1.01. The van der Waals surface area contributed by atoms with Gasteiger partial charge in [0, 0.05) is 25.9 Å². The third-order valence-corrected chi connectivity index (χ3v) is 4.14. The molecule has 0 aliphatic carbocycles. The minimum absolute atomic E-state index is 0.0818. The molecule has 1 aromatic carbocycles. The van der Waals surface area contributed by atoms with Crippen LogP contribution in [-0.2, 0) is 9.47 Å². The summed E-state index contributed by atoms with van der Waals surface area (Å²) in [4.78, 5) is 0. The van der Waals surface area contributed by atoms with Gasteiger partial charge in [0.15, 0.2) is 0 Å². The lowest BCUT2D eigenvalue weighted by Gasteiger charge is -2.37. The van der Waals surface area contributed by atoms with Gasteiger partial charge in [-0.15, -0.1) is 0 Å². The number of hydrogen-bond donors (Lipinski definition) is 0. The number of rotatable bonds is 2. The maximum atomic E-state index is 6.19. The zero-order valence-corrected chi connectivity index (χ0v) is 11.8. The second-order valence-electron chi connectivity index (χ2n) is 5.84. The molecular weight excluding hydrogens is 240 g/mol. The van der Waals surface area contributed by atoms with E-state index in [-0.39, 0.29) is 11.7 Å². The van der Waals surface area contributed by atoms with Gasteiger partial charge in [0.05, 0.1) is 18.8 Å². The smallest absolute Gasteiger partial charge is 0.122 e. The molecule has 19 heavy (non-hydrogen) atoms. The molecule has 2 unspecified atom stereocenters. The highest BCUT2D eigenvalue weighted by Gasteiger charge is 2.41. The Morgan fingerprint density at radius 2 is 2.16 bits per heavy atom. The molecule has 2 heterocycles. The Kier molecular flexibility index (Phi) is 3.50. The van der Waals surface area contributed by atoms with Gasteiger partial charge in [0.1, 0.15) is 11.9 Å². The largest absolute Gasteiger partial charge is 0.490 e. The molecular formula is C16H22O3. The second kappa shape index (κ2) is 5.14. The van der Waals surface area contributed by atoms with Gasteiger partial charge in [-0.3, -0.25) is 0 Å². The quantitative estimate of drug-likeness (QED) is 0.820. The van der Waals surface area contributed by atoms with E-state index in [9.17, 15) is 0 Å². The fraction of sp³-hybridized carbons (Fsp3) is 0.625. The van der Waals surface area contributed by atoms with Crippen LogP contribution in [0.25, 0.3) is 0 Å². The van der Waals surface area contributed by atoms with Crippen molar-refractivity contribution in [1.29, 1.82) is 0 Å². The van der Waals surface area contributed by atoms with Crippen molar-refractivity contribution >= 4 is 0 Å². The molecule has 2 fully saturated rings. The van der Waals surface area contributed by atoms with Crippen molar-refractivity contribution in [3.63, 3.8) is 0 Å². The van der Waals surface area contributed by atoms with Crippen LogP contribution < -0.4 is 4.74 Å². The summed E-state index contributed by atoms with van der Waals surface area (Å²) in [6, 6.07) is 6.36. The molecule has 2 atom stereocenters. The minimum Gasteiger partial charge on any atom is -0.490 e. The van der Waals surface area contributed by atoms with Crippen LogP contribution in [0.5, 0.6) is 5.75 Å². The van der Waals surface area contributed by atoms with Crippen LogP contribution >= 0.6 is 0 Å². The van der Waals surface area contributed by atoms with Crippen molar-refractivity contribution in [1.82, 2.24) is 0 Å². The van der Waals surface area contributed by atoms with Crippen LogP contribution in [0.15, 0.2) is 18.2 Å². The summed E-state index contributed by atoms with van der Waals surface area (Å²) in [7, 11) is 0. The van der Waals surface area contributed by atoms with E-state index in [1.807, 2.05) is 0 Å². The molecule has 3 nitrogen and oxygen atoms in total. The molecule has 3 heteroatoms. The van der Waals surface area contributed by atoms with E-state index in [2.05, 4.69) is 32.0 Å². The minimum atomic E-state index is -0.0818. The number of ether oxygens (including phenoxy) is 3. The number of aryl methyl sites for hydroxylation is 2. The van der Waals surface area contributed by atoms with E-state index in [0.29, 0.717) is 0 Å². The summed E-state index contributed by atoms with van der Waals surface area (Å²) >= 11 is 0. The summed E-state index contributed by atoms with van der Waals surface area (Å²) in [6.07, 6.45) is 3.16. The predicted molar refractivity (Wildman–Crippen MR) is 73.7 cm³/mol. The summed E-state index contributed by atoms with van der Waals surface area (Å²) in [6.45, 7) is 6.53. The predicted octanol–water partition coefficient (Wildman–Crippen LogP) is 3.02. The lowest BCUT2D eigenvalue weighted by atomic mass is 9.91. The average molecular weight is 262 g/mol. The second-order valence-corrected chi connectivity index (χ2v) is 5.84. The SMILES string of the molecule is Cc1ccc(OC2CCOC3(CCOC3)C2)c(C)c1. The van der Waals surface area contributed by atoms with E-state index in [0.717, 1.165) is 44.8 Å². The highest BCUT2D eigenvalue weighted by Crippen LogP contribution is 2.35. The van der Waals surface area contributed by atoms with Crippen LogP contribution in [0.1, 0.15) is 30.4 Å². The van der Waals surface area contributed by atoms with Gasteiger partial charge < -0.3 is 14.2 Å². The lowest BCUT2D eigenvalue weighted by Crippen LogP contribution is -2.44. The van der Waals surface area contributed by atoms with Crippen LogP contribution in [0, 0.1) is 13.8 Å². The van der Waals surface area contributed by atoms with Crippen molar-refractivity contribution in [2.45, 2.75) is 44.8 Å². The Morgan fingerprint density at radius 1 is 1.26 bits per heavy atom. The highest BCUT2D eigenvalue weighted by molar-refractivity contribution is 5.35. The number of benzene rings is 1. The third-order valence-electron chi connectivity index (χ3n) is 4.14.